The number of hydrogen-bond acceptors (Lipinski definition) is 3. The molecule has 0 atom stereocenters. The molecule has 102 valence electrons. The van der Waals surface area contributed by atoms with E-state index in [0.29, 0.717) is 29.2 Å². The van der Waals surface area contributed by atoms with Gasteiger partial charge in [0.25, 0.3) is 0 Å². The lowest BCUT2D eigenvalue weighted by molar-refractivity contribution is 0.266. The van der Waals surface area contributed by atoms with Crippen molar-refractivity contribution in [3.8, 4) is 17.6 Å². The number of hydrogen-bond donors (Lipinski definition) is 0. The van der Waals surface area contributed by atoms with Gasteiger partial charge >= 0.3 is 0 Å². The van der Waals surface area contributed by atoms with E-state index in [1.807, 2.05) is 25.1 Å². The molecular formula is C16H14FNO2. The van der Waals surface area contributed by atoms with Gasteiger partial charge in [0.2, 0.25) is 0 Å². The second kappa shape index (κ2) is 6.58. The summed E-state index contributed by atoms with van der Waals surface area (Å²) in [7, 11) is 0. The van der Waals surface area contributed by atoms with Gasteiger partial charge in [0.1, 0.15) is 12.4 Å². The fourth-order valence-corrected chi connectivity index (χ4v) is 1.75. The van der Waals surface area contributed by atoms with Gasteiger partial charge in [-0.2, -0.15) is 5.26 Å². The van der Waals surface area contributed by atoms with Crippen LogP contribution in [0.15, 0.2) is 42.5 Å². The number of rotatable bonds is 5. The number of nitriles is 1. The summed E-state index contributed by atoms with van der Waals surface area (Å²) < 4.78 is 24.6. The van der Waals surface area contributed by atoms with Crippen molar-refractivity contribution in [1.29, 1.82) is 5.26 Å². The zero-order valence-electron chi connectivity index (χ0n) is 11.1. The van der Waals surface area contributed by atoms with E-state index in [1.54, 1.807) is 12.1 Å². The lowest BCUT2D eigenvalue weighted by Gasteiger charge is -2.12. The molecule has 0 aliphatic carbocycles. The normalized spacial score (nSPS) is 9.85. The molecule has 0 radical (unpaired) electrons. The SMILES string of the molecule is CCOc1ccccc1OCc1cc(C#N)ccc1F. The van der Waals surface area contributed by atoms with Crippen LogP contribution in [0.2, 0.25) is 0 Å². The first-order chi connectivity index (χ1) is 9.74. The number of benzene rings is 2. The first kappa shape index (κ1) is 13.9. The van der Waals surface area contributed by atoms with E-state index < -0.39 is 5.82 Å². The van der Waals surface area contributed by atoms with Crippen LogP contribution in [-0.4, -0.2) is 6.61 Å². The van der Waals surface area contributed by atoms with Gasteiger partial charge in [-0.05, 0) is 37.3 Å². The van der Waals surface area contributed by atoms with E-state index in [-0.39, 0.29) is 6.61 Å². The Morgan fingerprint density at radius 3 is 2.45 bits per heavy atom. The molecule has 3 nitrogen and oxygen atoms in total. The Morgan fingerprint density at radius 1 is 1.10 bits per heavy atom. The van der Waals surface area contributed by atoms with Crippen molar-refractivity contribution in [3.05, 3.63) is 59.4 Å². The molecule has 0 unspecified atom stereocenters. The maximum Gasteiger partial charge on any atom is 0.161 e. The van der Waals surface area contributed by atoms with Crippen molar-refractivity contribution in [2.24, 2.45) is 0 Å². The maximum absolute atomic E-state index is 13.6. The minimum absolute atomic E-state index is 0.0471. The van der Waals surface area contributed by atoms with Crippen molar-refractivity contribution in [3.63, 3.8) is 0 Å². The van der Waals surface area contributed by atoms with E-state index in [9.17, 15) is 4.39 Å². The molecule has 0 spiro atoms. The van der Waals surface area contributed by atoms with Crippen molar-refractivity contribution in [2.45, 2.75) is 13.5 Å². The zero-order chi connectivity index (χ0) is 14.4. The van der Waals surface area contributed by atoms with Gasteiger partial charge in [0.05, 0.1) is 18.2 Å². The average Bonchev–Trinajstić information content (AvgIpc) is 2.48. The van der Waals surface area contributed by atoms with Crippen LogP contribution < -0.4 is 9.47 Å². The van der Waals surface area contributed by atoms with Gasteiger partial charge < -0.3 is 9.47 Å². The van der Waals surface area contributed by atoms with Crippen LogP contribution in [0, 0.1) is 17.1 Å². The highest BCUT2D eigenvalue weighted by Gasteiger charge is 2.07. The predicted molar refractivity (Wildman–Crippen MR) is 73.1 cm³/mol. The van der Waals surface area contributed by atoms with Crippen LogP contribution in [0.1, 0.15) is 18.1 Å². The fourth-order valence-electron chi connectivity index (χ4n) is 1.75. The molecule has 0 saturated carbocycles. The molecule has 0 amide bonds. The number of para-hydroxylation sites is 2. The lowest BCUT2D eigenvalue weighted by Crippen LogP contribution is -2.01. The highest BCUT2D eigenvalue weighted by atomic mass is 19.1. The standard InChI is InChI=1S/C16H14FNO2/c1-2-19-15-5-3-4-6-16(15)20-11-13-9-12(10-18)7-8-14(13)17/h3-9H,2,11H2,1H3. The molecule has 0 N–H and O–H groups in total. The Balaban J connectivity index is 2.15. The number of halogens is 1. The molecule has 0 fully saturated rings. The van der Waals surface area contributed by atoms with E-state index in [1.165, 1.54) is 18.2 Å². The number of ether oxygens (including phenoxy) is 2. The van der Waals surface area contributed by atoms with Gasteiger partial charge in [-0.25, -0.2) is 4.39 Å². The highest BCUT2D eigenvalue weighted by molar-refractivity contribution is 5.40. The van der Waals surface area contributed by atoms with Crippen LogP contribution in [-0.2, 0) is 6.61 Å². The van der Waals surface area contributed by atoms with Crippen molar-refractivity contribution in [2.75, 3.05) is 6.61 Å². The van der Waals surface area contributed by atoms with Crippen LogP contribution >= 0.6 is 0 Å². The summed E-state index contributed by atoms with van der Waals surface area (Å²) in [6.45, 7) is 2.46. The largest absolute Gasteiger partial charge is 0.490 e. The van der Waals surface area contributed by atoms with Crippen molar-refractivity contribution in [1.82, 2.24) is 0 Å². The molecule has 0 bridgehead atoms. The van der Waals surface area contributed by atoms with Crippen LogP contribution in [0.3, 0.4) is 0 Å². The highest BCUT2D eigenvalue weighted by Crippen LogP contribution is 2.27. The Morgan fingerprint density at radius 2 is 1.80 bits per heavy atom. The summed E-state index contributed by atoms with van der Waals surface area (Å²) in [6, 6.07) is 13.4. The Bertz CT molecular complexity index is 635. The van der Waals surface area contributed by atoms with E-state index in [0.717, 1.165) is 0 Å². The summed E-state index contributed by atoms with van der Waals surface area (Å²) in [6.07, 6.45) is 0. The molecular weight excluding hydrogens is 257 g/mol. The van der Waals surface area contributed by atoms with Crippen LogP contribution in [0.25, 0.3) is 0 Å². The second-order valence-corrected chi connectivity index (χ2v) is 4.09. The molecule has 0 aliphatic heterocycles. The second-order valence-electron chi connectivity index (χ2n) is 4.09. The van der Waals surface area contributed by atoms with Crippen LogP contribution in [0.4, 0.5) is 4.39 Å². The Hall–Kier alpha value is -2.54. The van der Waals surface area contributed by atoms with Gasteiger partial charge in [-0.3, -0.25) is 0 Å². The summed E-state index contributed by atoms with van der Waals surface area (Å²) in [4.78, 5) is 0. The summed E-state index contributed by atoms with van der Waals surface area (Å²) in [5.74, 6) is 0.779. The zero-order valence-corrected chi connectivity index (χ0v) is 11.1. The molecule has 2 aromatic rings. The first-order valence-electron chi connectivity index (χ1n) is 6.27. The minimum atomic E-state index is -0.391. The summed E-state index contributed by atoms with van der Waals surface area (Å²) in [5.41, 5.74) is 0.749. The third-order valence-corrected chi connectivity index (χ3v) is 2.71. The lowest BCUT2D eigenvalue weighted by atomic mass is 10.1. The minimum Gasteiger partial charge on any atom is -0.490 e. The molecule has 2 aromatic carbocycles. The first-order valence-corrected chi connectivity index (χ1v) is 6.27. The third-order valence-electron chi connectivity index (χ3n) is 2.71. The van der Waals surface area contributed by atoms with Crippen LogP contribution in [0.5, 0.6) is 11.5 Å². The molecule has 0 aliphatic rings. The molecule has 2 rings (SSSR count). The molecule has 0 aromatic heterocycles. The quantitative estimate of drug-likeness (QED) is 0.833. The predicted octanol–water partition coefficient (Wildman–Crippen LogP) is 3.68. The van der Waals surface area contributed by atoms with Gasteiger partial charge in [0, 0.05) is 5.56 Å². The summed E-state index contributed by atoms with van der Waals surface area (Å²) >= 11 is 0. The Labute approximate surface area is 117 Å². The van der Waals surface area contributed by atoms with E-state index in [2.05, 4.69) is 0 Å². The maximum atomic E-state index is 13.6. The van der Waals surface area contributed by atoms with Gasteiger partial charge in [0.15, 0.2) is 11.5 Å². The molecule has 4 heteroatoms. The van der Waals surface area contributed by atoms with Gasteiger partial charge in [-0.15, -0.1) is 0 Å². The molecule has 0 heterocycles. The topological polar surface area (TPSA) is 42.2 Å². The van der Waals surface area contributed by atoms with E-state index in [4.69, 9.17) is 14.7 Å². The van der Waals surface area contributed by atoms with Crippen molar-refractivity contribution >= 4 is 0 Å². The monoisotopic (exact) mass is 271 g/mol. The molecule has 20 heavy (non-hydrogen) atoms. The van der Waals surface area contributed by atoms with Gasteiger partial charge in [-0.1, -0.05) is 12.1 Å². The molecule has 0 saturated heterocycles. The van der Waals surface area contributed by atoms with E-state index >= 15 is 0 Å². The summed E-state index contributed by atoms with van der Waals surface area (Å²) in [5, 5.41) is 8.82. The Kier molecular flexibility index (Phi) is 4.56. The smallest absolute Gasteiger partial charge is 0.161 e. The third kappa shape index (κ3) is 3.27. The van der Waals surface area contributed by atoms with Crippen molar-refractivity contribution < 1.29 is 13.9 Å². The fraction of sp³-hybridized carbons (Fsp3) is 0.188. The average molecular weight is 271 g/mol. The number of nitrogens with zero attached hydrogens (tertiary/aromatic N) is 1.